The molecule has 0 aliphatic heterocycles. The van der Waals surface area contributed by atoms with Crippen molar-refractivity contribution in [1.29, 1.82) is 0 Å². The second-order valence-corrected chi connectivity index (χ2v) is 14.2. The molecule has 46 heavy (non-hydrogen) atoms. The molecule has 1 aromatic carbocycles. The molecule has 0 atom stereocenters. The zero-order valence-corrected chi connectivity index (χ0v) is 31.7. The highest BCUT2D eigenvalue weighted by atomic mass is 16.5. The van der Waals surface area contributed by atoms with Crippen molar-refractivity contribution in [3.05, 3.63) is 17.7 Å². The third-order valence-corrected chi connectivity index (χ3v) is 9.42. The summed E-state index contributed by atoms with van der Waals surface area (Å²) < 4.78 is 19.2. The van der Waals surface area contributed by atoms with E-state index >= 15 is 0 Å². The van der Waals surface area contributed by atoms with Crippen LogP contribution in [0.25, 0.3) is 0 Å². The van der Waals surface area contributed by atoms with Crippen LogP contribution in [0.3, 0.4) is 0 Å². The largest absolute Gasteiger partial charge is 0.490 e. The quantitative estimate of drug-likeness (QED) is 0.0680. The van der Waals surface area contributed by atoms with E-state index in [2.05, 4.69) is 39.8 Å². The van der Waals surface area contributed by atoms with Gasteiger partial charge in [0.15, 0.2) is 11.5 Å². The van der Waals surface area contributed by atoms with Gasteiger partial charge in [-0.15, -0.1) is 0 Å². The Bertz CT molecular complexity index is 713. The number of hydrogen-bond donors (Lipinski definition) is 0. The summed E-state index contributed by atoms with van der Waals surface area (Å²) in [4.78, 5) is 0. The third kappa shape index (κ3) is 25.7. The molecule has 3 heteroatoms. The van der Waals surface area contributed by atoms with Crippen LogP contribution in [-0.2, 0) is 0 Å². The Labute approximate surface area is 288 Å². The monoisotopic (exact) mass is 645 g/mol. The van der Waals surface area contributed by atoms with Crippen molar-refractivity contribution in [2.75, 3.05) is 19.8 Å². The standard InChI is InChI=1S/C43H80O3/c1-5-8-11-14-17-20-23-26-29-32-35-44-41-38-40(4)39-42(45-36-33-30-27-24-21-18-15-12-9-6-2)43(41)46-37-34-31-28-25-22-19-16-13-10-7-3/h38-39H,5-37H2,1-4H3. The molecule has 0 saturated heterocycles. The van der Waals surface area contributed by atoms with Crippen LogP contribution in [0, 0.1) is 6.92 Å². The molecule has 0 heterocycles. The Morgan fingerprint density at radius 2 is 0.565 bits per heavy atom. The summed E-state index contributed by atoms with van der Waals surface area (Å²) in [5.74, 6) is 2.59. The molecular weight excluding hydrogens is 564 g/mol. The van der Waals surface area contributed by atoms with Gasteiger partial charge in [-0.2, -0.15) is 0 Å². The maximum atomic E-state index is 6.45. The number of benzene rings is 1. The fourth-order valence-electron chi connectivity index (χ4n) is 6.37. The minimum atomic E-state index is 0.739. The van der Waals surface area contributed by atoms with Gasteiger partial charge < -0.3 is 14.2 Å². The molecule has 270 valence electrons. The van der Waals surface area contributed by atoms with Crippen molar-refractivity contribution >= 4 is 0 Å². The van der Waals surface area contributed by atoms with Gasteiger partial charge in [-0.05, 0) is 43.9 Å². The van der Waals surface area contributed by atoms with Crippen molar-refractivity contribution in [2.45, 2.75) is 220 Å². The maximum Gasteiger partial charge on any atom is 0.203 e. The molecule has 0 N–H and O–H groups in total. The van der Waals surface area contributed by atoms with E-state index in [-0.39, 0.29) is 0 Å². The van der Waals surface area contributed by atoms with Gasteiger partial charge in [0.1, 0.15) is 0 Å². The van der Waals surface area contributed by atoms with Gasteiger partial charge in [0.05, 0.1) is 19.8 Å². The second-order valence-electron chi connectivity index (χ2n) is 14.2. The first-order valence-electron chi connectivity index (χ1n) is 20.8. The van der Waals surface area contributed by atoms with E-state index in [9.17, 15) is 0 Å². The van der Waals surface area contributed by atoms with E-state index < -0.39 is 0 Å². The minimum absolute atomic E-state index is 0.739. The summed E-state index contributed by atoms with van der Waals surface area (Å²) in [6.07, 6.45) is 40.1. The minimum Gasteiger partial charge on any atom is -0.490 e. The van der Waals surface area contributed by atoms with Crippen LogP contribution >= 0.6 is 0 Å². The van der Waals surface area contributed by atoms with Crippen molar-refractivity contribution < 1.29 is 14.2 Å². The van der Waals surface area contributed by atoms with Crippen LogP contribution in [0.5, 0.6) is 17.2 Å². The van der Waals surface area contributed by atoms with Crippen LogP contribution in [0.1, 0.15) is 219 Å². The molecule has 0 unspecified atom stereocenters. The molecule has 0 spiro atoms. The van der Waals surface area contributed by atoms with E-state index in [1.165, 1.54) is 179 Å². The van der Waals surface area contributed by atoms with Crippen LogP contribution in [0.2, 0.25) is 0 Å². The molecule has 0 aromatic heterocycles. The highest BCUT2D eigenvalue weighted by Crippen LogP contribution is 2.39. The van der Waals surface area contributed by atoms with Crippen molar-refractivity contribution in [3.8, 4) is 17.2 Å². The molecule has 0 radical (unpaired) electrons. The Hall–Kier alpha value is -1.38. The molecule has 0 fully saturated rings. The number of unbranched alkanes of at least 4 members (excludes halogenated alkanes) is 27. The summed E-state index contributed by atoms with van der Waals surface area (Å²) in [6.45, 7) is 11.3. The first kappa shape index (κ1) is 42.6. The lowest BCUT2D eigenvalue weighted by molar-refractivity contribution is 0.234. The molecule has 0 aliphatic carbocycles. The lowest BCUT2D eigenvalue weighted by atomic mass is 10.1. The summed E-state index contributed by atoms with van der Waals surface area (Å²) in [6, 6.07) is 4.30. The number of aryl methyl sites for hydroxylation is 1. The first-order chi connectivity index (χ1) is 22.7. The lowest BCUT2D eigenvalue weighted by Crippen LogP contribution is -2.06. The molecule has 0 aliphatic rings. The van der Waals surface area contributed by atoms with Gasteiger partial charge in [-0.1, -0.05) is 194 Å². The van der Waals surface area contributed by atoms with Gasteiger partial charge >= 0.3 is 0 Å². The summed E-state index contributed by atoms with van der Waals surface area (Å²) in [5.41, 5.74) is 1.18. The Kier molecular flexibility index (Phi) is 31.1. The second kappa shape index (κ2) is 33.5. The molecule has 1 aromatic rings. The number of hydrogen-bond acceptors (Lipinski definition) is 3. The summed E-state index contributed by atoms with van der Waals surface area (Å²) in [7, 11) is 0. The fourth-order valence-corrected chi connectivity index (χ4v) is 6.37. The molecule has 1 rings (SSSR count). The van der Waals surface area contributed by atoms with E-state index in [0.29, 0.717) is 0 Å². The Balaban J connectivity index is 2.47. The van der Waals surface area contributed by atoms with E-state index in [4.69, 9.17) is 14.2 Å². The van der Waals surface area contributed by atoms with E-state index in [1.807, 2.05) is 0 Å². The zero-order chi connectivity index (χ0) is 33.2. The van der Waals surface area contributed by atoms with Crippen LogP contribution in [0.4, 0.5) is 0 Å². The highest BCUT2D eigenvalue weighted by Gasteiger charge is 2.15. The van der Waals surface area contributed by atoms with E-state index in [0.717, 1.165) is 56.3 Å². The van der Waals surface area contributed by atoms with Gasteiger partial charge in [-0.3, -0.25) is 0 Å². The summed E-state index contributed by atoms with van der Waals surface area (Å²) >= 11 is 0. The van der Waals surface area contributed by atoms with E-state index in [1.54, 1.807) is 0 Å². The van der Waals surface area contributed by atoms with Crippen molar-refractivity contribution in [3.63, 3.8) is 0 Å². The van der Waals surface area contributed by atoms with Crippen LogP contribution in [0.15, 0.2) is 12.1 Å². The van der Waals surface area contributed by atoms with Crippen LogP contribution < -0.4 is 14.2 Å². The molecule has 0 bridgehead atoms. The molecular formula is C43H80O3. The summed E-state index contributed by atoms with van der Waals surface area (Å²) in [5, 5.41) is 0. The van der Waals surface area contributed by atoms with Gasteiger partial charge in [0.2, 0.25) is 5.75 Å². The zero-order valence-electron chi connectivity index (χ0n) is 31.7. The third-order valence-electron chi connectivity index (χ3n) is 9.42. The number of rotatable bonds is 36. The Morgan fingerprint density at radius 3 is 0.848 bits per heavy atom. The van der Waals surface area contributed by atoms with Gasteiger partial charge in [0.25, 0.3) is 0 Å². The van der Waals surface area contributed by atoms with Crippen LogP contribution in [-0.4, -0.2) is 19.8 Å². The topological polar surface area (TPSA) is 27.7 Å². The normalized spacial score (nSPS) is 11.3. The first-order valence-corrected chi connectivity index (χ1v) is 20.8. The lowest BCUT2D eigenvalue weighted by Gasteiger charge is -2.18. The predicted octanol–water partition coefficient (Wildman–Crippen LogP) is 14.9. The fraction of sp³-hybridized carbons (Fsp3) is 0.860. The SMILES string of the molecule is CCCCCCCCCCCCOc1cc(C)cc(OCCCCCCCCCCCC)c1OCCCCCCCCCCCC. The maximum absolute atomic E-state index is 6.45. The number of ether oxygens (including phenoxy) is 3. The average Bonchev–Trinajstić information content (AvgIpc) is 3.05. The molecule has 3 nitrogen and oxygen atoms in total. The predicted molar refractivity (Wildman–Crippen MR) is 203 cm³/mol. The molecule has 0 amide bonds. The average molecular weight is 645 g/mol. The van der Waals surface area contributed by atoms with Crippen molar-refractivity contribution in [2.24, 2.45) is 0 Å². The molecule has 0 saturated carbocycles. The van der Waals surface area contributed by atoms with Gasteiger partial charge in [0, 0.05) is 0 Å². The highest BCUT2D eigenvalue weighted by molar-refractivity contribution is 5.53. The smallest absolute Gasteiger partial charge is 0.203 e. The van der Waals surface area contributed by atoms with Crippen molar-refractivity contribution in [1.82, 2.24) is 0 Å². The Morgan fingerprint density at radius 1 is 0.326 bits per heavy atom. The van der Waals surface area contributed by atoms with Gasteiger partial charge in [-0.25, -0.2) is 0 Å².